The second kappa shape index (κ2) is 7.59. The van der Waals surface area contributed by atoms with Crippen LogP contribution in [-0.2, 0) is 4.74 Å². The molecule has 0 aromatic rings. The Labute approximate surface area is 110 Å². The lowest BCUT2D eigenvalue weighted by atomic mass is 9.86. The highest BCUT2D eigenvalue weighted by molar-refractivity contribution is 5.85. The topological polar surface area (TPSA) is 79.9 Å². The Hall–Kier alpha value is -0.810. The van der Waals surface area contributed by atoms with E-state index in [1.807, 2.05) is 13.8 Å². The number of nitrogens with zero attached hydrogens (tertiary/aromatic N) is 1. The fraction of sp³-hybridized carbons (Fsp3) is 0.923. The molecule has 0 radical (unpaired) electrons. The average Bonchev–Trinajstić information content (AvgIpc) is 2.38. The number of rotatable bonds is 7. The van der Waals surface area contributed by atoms with Crippen LogP contribution in [0.4, 0.5) is 0 Å². The Morgan fingerprint density at radius 1 is 1.50 bits per heavy atom. The van der Waals surface area contributed by atoms with E-state index >= 15 is 0 Å². The molecule has 18 heavy (non-hydrogen) atoms. The summed E-state index contributed by atoms with van der Waals surface area (Å²) in [4.78, 5) is 0. The van der Waals surface area contributed by atoms with Gasteiger partial charge in [0.2, 0.25) is 0 Å². The maximum atomic E-state index is 8.67. The summed E-state index contributed by atoms with van der Waals surface area (Å²) in [7, 11) is 0. The first-order valence-corrected chi connectivity index (χ1v) is 6.86. The first kappa shape index (κ1) is 15.2. The molecule has 0 aromatic carbocycles. The standard InChI is InChI=1S/C13H27N3O2/c1-13(2,12(14)16-17)7-5-8-15-10-11-6-3-4-9-18-11/h11,15,17H,3-10H2,1-2H3,(H2,14,16). The molecule has 1 fully saturated rings. The lowest BCUT2D eigenvalue weighted by Gasteiger charge is -2.24. The van der Waals surface area contributed by atoms with Crippen molar-refractivity contribution < 1.29 is 9.94 Å². The van der Waals surface area contributed by atoms with Crippen LogP contribution in [0.15, 0.2) is 5.16 Å². The molecular weight excluding hydrogens is 230 g/mol. The summed E-state index contributed by atoms with van der Waals surface area (Å²) in [6.45, 7) is 6.77. The average molecular weight is 257 g/mol. The summed E-state index contributed by atoms with van der Waals surface area (Å²) >= 11 is 0. The molecule has 1 heterocycles. The molecule has 1 unspecified atom stereocenters. The summed E-state index contributed by atoms with van der Waals surface area (Å²) in [5, 5.41) is 15.2. The number of nitrogens with two attached hydrogens (primary N) is 1. The van der Waals surface area contributed by atoms with Crippen molar-refractivity contribution in [2.75, 3.05) is 19.7 Å². The third-order valence-corrected chi connectivity index (χ3v) is 3.60. The molecule has 0 aliphatic carbocycles. The van der Waals surface area contributed by atoms with Crippen LogP contribution in [0.5, 0.6) is 0 Å². The normalized spacial score (nSPS) is 22.1. The van der Waals surface area contributed by atoms with Crippen LogP contribution in [0.25, 0.3) is 0 Å². The fourth-order valence-electron chi connectivity index (χ4n) is 2.15. The van der Waals surface area contributed by atoms with E-state index in [4.69, 9.17) is 15.7 Å². The van der Waals surface area contributed by atoms with Crippen molar-refractivity contribution in [3.63, 3.8) is 0 Å². The van der Waals surface area contributed by atoms with Crippen LogP contribution < -0.4 is 11.1 Å². The van der Waals surface area contributed by atoms with E-state index in [1.54, 1.807) is 0 Å². The van der Waals surface area contributed by atoms with E-state index in [0.29, 0.717) is 11.9 Å². The molecular formula is C13H27N3O2. The number of oxime groups is 1. The van der Waals surface area contributed by atoms with Crippen molar-refractivity contribution in [2.24, 2.45) is 16.3 Å². The first-order valence-electron chi connectivity index (χ1n) is 6.86. The van der Waals surface area contributed by atoms with Gasteiger partial charge in [0.1, 0.15) is 5.84 Å². The highest BCUT2D eigenvalue weighted by atomic mass is 16.5. The van der Waals surface area contributed by atoms with Gasteiger partial charge < -0.3 is 21.0 Å². The summed E-state index contributed by atoms with van der Waals surface area (Å²) in [6, 6.07) is 0. The minimum Gasteiger partial charge on any atom is -0.409 e. The molecule has 5 heteroatoms. The number of hydrogen-bond acceptors (Lipinski definition) is 4. The number of nitrogens with one attached hydrogen (secondary N) is 1. The largest absolute Gasteiger partial charge is 0.409 e. The van der Waals surface area contributed by atoms with Crippen molar-refractivity contribution >= 4 is 5.84 Å². The molecule has 5 nitrogen and oxygen atoms in total. The van der Waals surface area contributed by atoms with Crippen LogP contribution >= 0.6 is 0 Å². The van der Waals surface area contributed by atoms with Gasteiger partial charge in [0, 0.05) is 18.6 Å². The molecule has 0 saturated carbocycles. The Kier molecular flexibility index (Phi) is 6.43. The smallest absolute Gasteiger partial charge is 0.144 e. The quantitative estimate of drug-likeness (QED) is 0.213. The highest BCUT2D eigenvalue weighted by Crippen LogP contribution is 2.21. The molecule has 0 amide bonds. The molecule has 4 N–H and O–H groups in total. The highest BCUT2D eigenvalue weighted by Gasteiger charge is 2.22. The van der Waals surface area contributed by atoms with Gasteiger partial charge in [-0.1, -0.05) is 19.0 Å². The van der Waals surface area contributed by atoms with E-state index in [2.05, 4.69) is 10.5 Å². The lowest BCUT2D eigenvalue weighted by Crippen LogP contribution is -2.34. The fourth-order valence-corrected chi connectivity index (χ4v) is 2.15. The maximum Gasteiger partial charge on any atom is 0.144 e. The Morgan fingerprint density at radius 2 is 2.28 bits per heavy atom. The Morgan fingerprint density at radius 3 is 2.89 bits per heavy atom. The van der Waals surface area contributed by atoms with Gasteiger partial charge in [0.15, 0.2) is 0 Å². The molecule has 1 aliphatic heterocycles. The van der Waals surface area contributed by atoms with Crippen LogP contribution in [0.1, 0.15) is 46.0 Å². The van der Waals surface area contributed by atoms with Gasteiger partial charge in [-0.05, 0) is 38.6 Å². The zero-order chi connectivity index (χ0) is 13.4. The van der Waals surface area contributed by atoms with Crippen molar-refractivity contribution in [1.29, 1.82) is 0 Å². The van der Waals surface area contributed by atoms with Crippen molar-refractivity contribution in [2.45, 2.75) is 52.1 Å². The summed E-state index contributed by atoms with van der Waals surface area (Å²) in [5.74, 6) is 0.304. The van der Waals surface area contributed by atoms with Crippen LogP contribution in [-0.4, -0.2) is 36.8 Å². The zero-order valence-electron chi connectivity index (χ0n) is 11.6. The van der Waals surface area contributed by atoms with Crippen LogP contribution in [0.3, 0.4) is 0 Å². The third-order valence-electron chi connectivity index (χ3n) is 3.60. The monoisotopic (exact) mass is 257 g/mol. The zero-order valence-corrected chi connectivity index (χ0v) is 11.6. The molecule has 0 aromatic heterocycles. The number of amidine groups is 1. The molecule has 1 atom stereocenters. The van der Waals surface area contributed by atoms with E-state index in [0.717, 1.165) is 32.5 Å². The lowest BCUT2D eigenvalue weighted by molar-refractivity contribution is 0.0170. The predicted octanol–water partition coefficient (Wildman–Crippen LogP) is 1.70. The van der Waals surface area contributed by atoms with E-state index < -0.39 is 0 Å². The molecule has 1 aliphatic rings. The minimum atomic E-state index is -0.238. The van der Waals surface area contributed by atoms with Gasteiger partial charge in [0.05, 0.1) is 6.10 Å². The summed E-state index contributed by atoms with van der Waals surface area (Å²) in [6.07, 6.45) is 5.95. The Balaban J connectivity index is 2.07. The Bertz CT molecular complexity index is 261. The van der Waals surface area contributed by atoms with Gasteiger partial charge in [-0.3, -0.25) is 0 Å². The van der Waals surface area contributed by atoms with Crippen molar-refractivity contribution in [3.8, 4) is 0 Å². The van der Waals surface area contributed by atoms with Gasteiger partial charge in [-0.25, -0.2) is 0 Å². The molecule has 0 spiro atoms. The maximum absolute atomic E-state index is 8.67. The minimum absolute atomic E-state index is 0.238. The van der Waals surface area contributed by atoms with Gasteiger partial charge in [-0.15, -0.1) is 0 Å². The molecule has 106 valence electrons. The van der Waals surface area contributed by atoms with Crippen molar-refractivity contribution in [3.05, 3.63) is 0 Å². The number of hydrogen-bond donors (Lipinski definition) is 3. The van der Waals surface area contributed by atoms with E-state index in [-0.39, 0.29) is 5.41 Å². The number of ether oxygens (including phenoxy) is 1. The van der Waals surface area contributed by atoms with E-state index in [9.17, 15) is 0 Å². The van der Waals surface area contributed by atoms with Gasteiger partial charge in [0.25, 0.3) is 0 Å². The molecule has 1 saturated heterocycles. The van der Waals surface area contributed by atoms with Gasteiger partial charge in [-0.2, -0.15) is 0 Å². The SMILES string of the molecule is CC(C)(CCCNCC1CCCCO1)C(N)=NO. The van der Waals surface area contributed by atoms with Crippen molar-refractivity contribution in [1.82, 2.24) is 5.32 Å². The first-order chi connectivity index (χ1) is 8.56. The predicted molar refractivity (Wildman–Crippen MR) is 72.9 cm³/mol. The van der Waals surface area contributed by atoms with Crippen LogP contribution in [0, 0.1) is 5.41 Å². The molecule has 0 bridgehead atoms. The summed E-state index contributed by atoms with van der Waals surface area (Å²) < 4.78 is 5.65. The van der Waals surface area contributed by atoms with E-state index in [1.165, 1.54) is 19.3 Å². The third kappa shape index (κ3) is 5.23. The van der Waals surface area contributed by atoms with Gasteiger partial charge >= 0.3 is 0 Å². The summed E-state index contributed by atoms with van der Waals surface area (Å²) in [5.41, 5.74) is 5.40. The second-order valence-corrected chi connectivity index (χ2v) is 5.67. The molecule has 1 rings (SSSR count). The second-order valence-electron chi connectivity index (χ2n) is 5.67. The van der Waals surface area contributed by atoms with Crippen LogP contribution in [0.2, 0.25) is 0 Å².